The lowest BCUT2D eigenvalue weighted by molar-refractivity contribution is 0.670. The van der Waals surface area contributed by atoms with E-state index in [9.17, 15) is 0 Å². The van der Waals surface area contributed by atoms with Crippen molar-refractivity contribution in [3.05, 3.63) is 88.4 Å². The quantitative estimate of drug-likeness (QED) is 0.149. The summed E-state index contributed by atoms with van der Waals surface area (Å²) in [6.45, 7) is 2.27. The fraction of sp³-hybridized carbons (Fsp3) is 0.194. The molecule has 6 heteroatoms. The van der Waals surface area contributed by atoms with Gasteiger partial charge in [0.25, 0.3) is 0 Å². The summed E-state index contributed by atoms with van der Waals surface area (Å²) in [4.78, 5) is 15.7. The minimum absolute atomic E-state index is 1.06. The molecule has 0 N–H and O–H groups in total. The van der Waals surface area contributed by atoms with Gasteiger partial charge in [-0.2, -0.15) is 0 Å². The number of rotatable bonds is 10. The molecular weight excluding hydrogens is 547 g/mol. The number of aromatic nitrogens is 1. The number of nitrogens with zero attached hydrogens (tertiary/aromatic N) is 1. The summed E-state index contributed by atoms with van der Waals surface area (Å²) in [6.07, 6.45) is 6.40. The van der Waals surface area contributed by atoms with Crippen molar-refractivity contribution in [2.24, 2.45) is 0 Å². The van der Waals surface area contributed by atoms with Gasteiger partial charge in [0.05, 0.1) is 21.1 Å². The van der Waals surface area contributed by atoms with Gasteiger partial charge in [-0.15, -0.1) is 56.7 Å². The number of hydrogen-bond donors (Lipinski definition) is 0. The van der Waals surface area contributed by atoms with E-state index in [1.54, 1.807) is 22.7 Å². The summed E-state index contributed by atoms with van der Waals surface area (Å²) in [5, 5.41) is 4.29. The lowest BCUT2D eigenvalue weighted by Gasteiger charge is -2.07. The lowest BCUT2D eigenvalue weighted by atomic mass is 10.1. The highest BCUT2D eigenvalue weighted by Gasteiger charge is 2.15. The van der Waals surface area contributed by atoms with Crippen LogP contribution in [-0.4, -0.2) is 4.98 Å². The van der Waals surface area contributed by atoms with E-state index in [1.807, 2.05) is 34.0 Å². The van der Waals surface area contributed by atoms with Crippen LogP contribution in [0.4, 0.5) is 0 Å². The van der Waals surface area contributed by atoms with E-state index in [0.29, 0.717) is 0 Å². The zero-order chi connectivity index (χ0) is 25.0. The van der Waals surface area contributed by atoms with E-state index in [4.69, 9.17) is 4.98 Å². The zero-order valence-electron chi connectivity index (χ0n) is 20.6. The molecule has 0 spiro atoms. The first kappa shape index (κ1) is 25.0. The van der Waals surface area contributed by atoms with Gasteiger partial charge in [0, 0.05) is 29.3 Å². The van der Waals surface area contributed by atoms with Crippen LogP contribution >= 0.6 is 56.7 Å². The van der Waals surface area contributed by atoms with Crippen LogP contribution in [0.15, 0.2) is 83.6 Å². The van der Waals surface area contributed by atoms with Crippen LogP contribution in [0, 0.1) is 0 Å². The molecule has 0 aliphatic heterocycles. The fourth-order valence-corrected chi connectivity index (χ4v) is 9.01. The van der Waals surface area contributed by atoms with Crippen molar-refractivity contribution in [2.75, 3.05) is 0 Å². The Morgan fingerprint density at radius 1 is 0.568 bits per heavy atom. The first-order valence-corrected chi connectivity index (χ1v) is 16.9. The van der Waals surface area contributed by atoms with Crippen molar-refractivity contribution in [1.82, 2.24) is 4.98 Å². The van der Waals surface area contributed by atoms with E-state index in [1.165, 1.54) is 76.7 Å². The summed E-state index contributed by atoms with van der Waals surface area (Å²) in [5.74, 6) is 0. The molecule has 6 aromatic heterocycles. The van der Waals surface area contributed by atoms with Crippen molar-refractivity contribution in [1.29, 1.82) is 0 Å². The molecule has 0 radical (unpaired) electrons. The van der Waals surface area contributed by atoms with Crippen molar-refractivity contribution in [2.45, 2.75) is 39.0 Å². The molecule has 0 saturated heterocycles. The minimum atomic E-state index is 1.06. The predicted octanol–water partition coefficient (Wildman–Crippen LogP) is 11.8. The highest BCUT2D eigenvalue weighted by atomic mass is 32.1. The Labute approximate surface area is 238 Å². The molecule has 0 unspecified atom stereocenters. The molecule has 0 amide bonds. The van der Waals surface area contributed by atoms with Gasteiger partial charge in [0.15, 0.2) is 0 Å². The van der Waals surface area contributed by atoms with Crippen LogP contribution in [0.25, 0.3) is 51.1 Å². The van der Waals surface area contributed by atoms with Crippen molar-refractivity contribution in [3.63, 3.8) is 0 Å². The molecule has 0 atom stereocenters. The summed E-state index contributed by atoms with van der Waals surface area (Å²) in [7, 11) is 0. The minimum Gasteiger partial charge on any atom is -0.246 e. The number of aryl methyl sites for hydroxylation is 1. The van der Waals surface area contributed by atoms with Crippen molar-refractivity contribution in [3.8, 4) is 51.1 Å². The normalized spacial score (nSPS) is 11.4. The Morgan fingerprint density at radius 3 is 1.73 bits per heavy atom. The van der Waals surface area contributed by atoms with Crippen LogP contribution in [-0.2, 0) is 6.42 Å². The Hall–Kier alpha value is -2.35. The van der Waals surface area contributed by atoms with Crippen LogP contribution in [0.3, 0.4) is 0 Å². The molecule has 6 heterocycles. The third-order valence-electron chi connectivity index (χ3n) is 6.29. The van der Waals surface area contributed by atoms with Crippen LogP contribution in [0.1, 0.15) is 37.5 Å². The lowest BCUT2D eigenvalue weighted by Crippen LogP contribution is -1.87. The van der Waals surface area contributed by atoms with Gasteiger partial charge in [-0.25, -0.2) is 4.98 Å². The maximum atomic E-state index is 5.20. The number of unbranched alkanes of at least 4 members (excludes halogenated alkanes) is 3. The van der Waals surface area contributed by atoms with Crippen LogP contribution in [0.5, 0.6) is 0 Å². The highest BCUT2D eigenvalue weighted by molar-refractivity contribution is 7.24. The molecule has 1 nitrogen and oxygen atoms in total. The van der Waals surface area contributed by atoms with Crippen molar-refractivity contribution < 1.29 is 0 Å². The number of hydrogen-bond acceptors (Lipinski definition) is 6. The predicted molar refractivity (Wildman–Crippen MR) is 169 cm³/mol. The van der Waals surface area contributed by atoms with Crippen molar-refractivity contribution >= 4 is 56.7 Å². The van der Waals surface area contributed by atoms with E-state index in [2.05, 4.69) is 90.5 Å². The fourth-order valence-electron chi connectivity index (χ4n) is 4.37. The number of pyridine rings is 1. The smallest absolute Gasteiger partial charge is 0.0816 e. The Kier molecular flexibility index (Phi) is 7.81. The largest absolute Gasteiger partial charge is 0.246 e. The second-order valence-corrected chi connectivity index (χ2v) is 14.2. The van der Waals surface area contributed by atoms with Gasteiger partial charge in [0.2, 0.25) is 0 Å². The molecule has 6 aromatic rings. The Balaban J connectivity index is 1.37. The van der Waals surface area contributed by atoms with E-state index < -0.39 is 0 Å². The molecule has 0 bridgehead atoms. The monoisotopic (exact) mass is 573 g/mol. The average Bonchev–Trinajstić information content (AvgIpc) is 3.76. The number of thiophene rings is 5. The third-order valence-corrected chi connectivity index (χ3v) is 11.8. The van der Waals surface area contributed by atoms with Crippen LogP contribution in [0.2, 0.25) is 0 Å². The highest BCUT2D eigenvalue weighted by Crippen LogP contribution is 2.41. The molecular formula is C31H27NS5. The average molecular weight is 574 g/mol. The second kappa shape index (κ2) is 11.6. The first-order chi connectivity index (χ1) is 18.3. The van der Waals surface area contributed by atoms with Crippen LogP contribution < -0.4 is 0 Å². The van der Waals surface area contributed by atoms with E-state index in [-0.39, 0.29) is 0 Å². The molecule has 6 rings (SSSR count). The van der Waals surface area contributed by atoms with Gasteiger partial charge in [0.1, 0.15) is 0 Å². The Morgan fingerprint density at radius 2 is 1.16 bits per heavy atom. The third kappa shape index (κ3) is 5.74. The standard InChI is InChI=1S/C31H27NS5/c1-2-3-4-5-8-22-11-12-25(35-22)21-19-23(26-13-15-30(36-26)28-9-6-17-33-28)32-24(20-21)27-14-16-31(37-27)29-10-7-18-34-29/h6-7,9-20H,2-5,8H2,1H3. The summed E-state index contributed by atoms with van der Waals surface area (Å²) >= 11 is 9.19. The molecule has 37 heavy (non-hydrogen) atoms. The topological polar surface area (TPSA) is 12.9 Å². The SMILES string of the molecule is CCCCCCc1ccc(-c2cc(-c3ccc(-c4cccs4)s3)nc(-c3ccc(-c4cccs4)s3)c2)s1. The summed E-state index contributed by atoms with van der Waals surface area (Å²) in [6, 6.07) is 26.8. The maximum absolute atomic E-state index is 5.20. The second-order valence-electron chi connectivity index (χ2n) is 8.99. The van der Waals surface area contributed by atoms with Gasteiger partial charge < -0.3 is 0 Å². The van der Waals surface area contributed by atoms with Gasteiger partial charge >= 0.3 is 0 Å². The first-order valence-electron chi connectivity index (χ1n) is 12.7. The molecule has 0 saturated carbocycles. The van der Waals surface area contributed by atoms with Gasteiger partial charge in [-0.05, 0) is 89.8 Å². The summed E-state index contributed by atoms with van der Waals surface area (Å²) in [5.41, 5.74) is 3.38. The maximum Gasteiger partial charge on any atom is 0.0816 e. The zero-order valence-corrected chi connectivity index (χ0v) is 24.7. The molecule has 0 fully saturated rings. The Bertz CT molecular complexity index is 1470. The van der Waals surface area contributed by atoms with Gasteiger partial charge in [-0.1, -0.05) is 38.3 Å². The molecule has 0 aliphatic rings. The molecule has 0 aromatic carbocycles. The van der Waals surface area contributed by atoms with E-state index >= 15 is 0 Å². The van der Waals surface area contributed by atoms with Gasteiger partial charge in [-0.3, -0.25) is 0 Å². The molecule has 186 valence electrons. The summed E-state index contributed by atoms with van der Waals surface area (Å²) < 4.78 is 0. The van der Waals surface area contributed by atoms with E-state index in [0.717, 1.165) is 11.4 Å². The molecule has 0 aliphatic carbocycles.